The second-order valence-corrected chi connectivity index (χ2v) is 11.8. The second-order valence-electron chi connectivity index (χ2n) is 11.8. The zero-order valence-electron chi connectivity index (χ0n) is 26.5. The van der Waals surface area contributed by atoms with Gasteiger partial charge < -0.3 is 43.0 Å². The van der Waals surface area contributed by atoms with Crippen molar-refractivity contribution in [1.82, 2.24) is 0 Å². The lowest BCUT2D eigenvalue weighted by Crippen LogP contribution is -2.64. The monoisotopic (exact) mass is 659 g/mol. The summed E-state index contributed by atoms with van der Waals surface area (Å²) in [5, 5.41) is 15.1. The zero-order chi connectivity index (χ0) is 33.1. The first-order chi connectivity index (χ1) is 23.6. The Balaban J connectivity index is 1.30. The van der Waals surface area contributed by atoms with E-state index in [1.807, 2.05) is 91.0 Å². The van der Waals surface area contributed by atoms with Gasteiger partial charge in [0.05, 0.1) is 45.7 Å². The Morgan fingerprint density at radius 3 is 2.00 bits per heavy atom. The number of ether oxygens (including phenoxy) is 8. The fourth-order valence-electron chi connectivity index (χ4n) is 6.14. The Bertz CT molecular complexity index is 1460. The van der Waals surface area contributed by atoms with Gasteiger partial charge in [0.2, 0.25) is 0 Å². The largest absolute Gasteiger partial charge is 0.390 e. The Labute approximate surface area is 279 Å². The number of nitrogens with zero attached hydrogens (tertiary/aromatic N) is 3. The first-order valence-corrected chi connectivity index (χ1v) is 16.1. The molecule has 3 heterocycles. The van der Waals surface area contributed by atoms with Crippen LogP contribution in [0.1, 0.15) is 16.7 Å². The van der Waals surface area contributed by atoms with Gasteiger partial charge in [0, 0.05) is 4.91 Å². The summed E-state index contributed by atoms with van der Waals surface area (Å²) in [7, 11) is 0. The van der Waals surface area contributed by atoms with Crippen molar-refractivity contribution in [3.8, 4) is 0 Å². The highest BCUT2D eigenvalue weighted by atomic mass is 16.8. The highest BCUT2D eigenvalue weighted by Crippen LogP contribution is 2.36. The summed E-state index contributed by atoms with van der Waals surface area (Å²) in [6, 6.07) is 28.4. The van der Waals surface area contributed by atoms with Crippen LogP contribution in [0, 0.1) is 0 Å². The molecule has 3 fully saturated rings. The first kappa shape index (κ1) is 34.2. The Morgan fingerprint density at radius 2 is 1.40 bits per heavy atom. The fourth-order valence-corrected chi connectivity index (χ4v) is 6.14. The predicted octanol–water partition coefficient (Wildman–Crippen LogP) is 4.85. The molecule has 0 saturated carbocycles. The first-order valence-electron chi connectivity index (χ1n) is 16.1. The highest BCUT2D eigenvalue weighted by molar-refractivity contribution is 5.15. The highest BCUT2D eigenvalue weighted by Gasteiger charge is 2.55. The molecule has 254 valence electrons. The molecule has 48 heavy (non-hydrogen) atoms. The maximum atomic E-state index is 11.3. The number of azide groups is 1. The SMILES string of the molecule is C=CCO[C@H]1[C@@H](OCc2ccccc2)[C@@H](COCc2ccccc2)O[C@@H](O[C@H]2[C@H](O)[C@@H](N=[N+]=[N-])[C@@H]3OC[C@H]2O3)[C@@H]1OCc1ccccc1. The lowest BCUT2D eigenvalue weighted by Gasteiger charge is -2.47. The number of hydrogen-bond acceptors (Lipinski definition) is 10. The molecule has 10 atom stereocenters. The molecule has 2 bridgehead atoms. The Kier molecular flexibility index (Phi) is 12.2. The number of rotatable bonds is 16. The molecular formula is C36H41N3O9. The minimum atomic E-state index is -1.22. The molecule has 3 aliphatic heterocycles. The van der Waals surface area contributed by atoms with Crippen LogP contribution in [0.15, 0.2) is 109 Å². The molecule has 3 aromatic carbocycles. The van der Waals surface area contributed by atoms with Crippen LogP contribution in [-0.2, 0) is 57.7 Å². The average Bonchev–Trinajstić information content (AvgIpc) is 3.57. The van der Waals surface area contributed by atoms with E-state index in [0.29, 0.717) is 13.2 Å². The number of aliphatic hydroxyl groups excluding tert-OH is 1. The van der Waals surface area contributed by atoms with Crippen LogP contribution < -0.4 is 0 Å². The predicted molar refractivity (Wildman–Crippen MR) is 173 cm³/mol. The second kappa shape index (κ2) is 17.1. The van der Waals surface area contributed by atoms with Crippen LogP contribution >= 0.6 is 0 Å². The Morgan fingerprint density at radius 1 is 0.792 bits per heavy atom. The molecule has 1 N–H and O–H groups in total. The van der Waals surface area contributed by atoms with Gasteiger partial charge in [-0.15, -0.1) is 6.58 Å². The van der Waals surface area contributed by atoms with Crippen LogP contribution in [-0.4, -0.2) is 86.3 Å². The molecule has 3 saturated heterocycles. The van der Waals surface area contributed by atoms with Gasteiger partial charge in [-0.3, -0.25) is 0 Å². The van der Waals surface area contributed by atoms with Crippen molar-refractivity contribution in [1.29, 1.82) is 0 Å². The quantitative estimate of drug-likeness (QED) is 0.0988. The summed E-state index contributed by atoms with van der Waals surface area (Å²) in [5.74, 6) is 0. The molecule has 6 rings (SSSR count). The van der Waals surface area contributed by atoms with Gasteiger partial charge in [-0.05, 0) is 22.2 Å². The van der Waals surface area contributed by atoms with Crippen LogP contribution in [0.4, 0.5) is 0 Å². The van der Waals surface area contributed by atoms with Crippen LogP contribution in [0.2, 0.25) is 0 Å². The number of benzene rings is 3. The van der Waals surface area contributed by atoms with Crippen molar-refractivity contribution in [3.63, 3.8) is 0 Å². The molecule has 0 spiro atoms. The number of fused-ring (bicyclic) bond motifs is 2. The van der Waals surface area contributed by atoms with Crippen LogP contribution in [0.25, 0.3) is 10.4 Å². The van der Waals surface area contributed by atoms with Crippen molar-refractivity contribution in [2.45, 2.75) is 81.2 Å². The lowest BCUT2D eigenvalue weighted by atomic mass is 9.96. The Hall–Kier alpha value is -3.65. The minimum Gasteiger partial charge on any atom is -0.390 e. The van der Waals surface area contributed by atoms with Gasteiger partial charge in [-0.25, -0.2) is 0 Å². The van der Waals surface area contributed by atoms with Crippen molar-refractivity contribution < 1.29 is 43.0 Å². The number of aliphatic hydroxyl groups is 1. The maximum absolute atomic E-state index is 11.3. The molecule has 12 nitrogen and oxygen atoms in total. The van der Waals surface area contributed by atoms with Gasteiger partial charge >= 0.3 is 0 Å². The number of hydrogen-bond donors (Lipinski definition) is 1. The van der Waals surface area contributed by atoms with Crippen molar-refractivity contribution >= 4 is 0 Å². The molecule has 0 unspecified atom stereocenters. The van der Waals surface area contributed by atoms with Crippen molar-refractivity contribution in [2.75, 3.05) is 19.8 Å². The van der Waals surface area contributed by atoms with Gasteiger partial charge in [0.25, 0.3) is 0 Å². The molecule has 3 aromatic rings. The summed E-state index contributed by atoms with van der Waals surface area (Å²) in [4.78, 5) is 2.89. The summed E-state index contributed by atoms with van der Waals surface area (Å²) < 4.78 is 50.6. The summed E-state index contributed by atoms with van der Waals surface area (Å²) in [6.45, 7) is 5.23. The van der Waals surface area contributed by atoms with E-state index >= 15 is 0 Å². The van der Waals surface area contributed by atoms with E-state index in [2.05, 4.69) is 16.6 Å². The van der Waals surface area contributed by atoms with Crippen LogP contribution in [0.3, 0.4) is 0 Å². The van der Waals surface area contributed by atoms with E-state index in [1.54, 1.807) is 6.08 Å². The third kappa shape index (κ3) is 8.49. The third-order valence-electron chi connectivity index (χ3n) is 8.50. The van der Waals surface area contributed by atoms with Gasteiger partial charge in [0.1, 0.15) is 42.7 Å². The summed E-state index contributed by atoms with van der Waals surface area (Å²) in [5.41, 5.74) is 12.1. The van der Waals surface area contributed by atoms with Gasteiger partial charge in [-0.2, -0.15) is 0 Å². The molecular weight excluding hydrogens is 618 g/mol. The molecule has 3 aliphatic rings. The topological polar surface area (TPSA) is 143 Å². The van der Waals surface area contributed by atoms with Crippen molar-refractivity contribution in [3.05, 3.63) is 131 Å². The molecule has 0 amide bonds. The smallest absolute Gasteiger partial charge is 0.187 e. The van der Waals surface area contributed by atoms with Gasteiger partial charge in [-0.1, -0.05) is 102 Å². The van der Waals surface area contributed by atoms with Gasteiger partial charge in [0.15, 0.2) is 12.6 Å². The summed E-state index contributed by atoms with van der Waals surface area (Å²) in [6.07, 6.45) is -5.94. The molecule has 0 aromatic heterocycles. The van der Waals surface area contributed by atoms with E-state index in [4.69, 9.17) is 43.4 Å². The van der Waals surface area contributed by atoms with E-state index < -0.39 is 61.3 Å². The van der Waals surface area contributed by atoms with Crippen molar-refractivity contribution in [2.24, 2.45) is 5.11 Å². The standard InChI is InChI=1S/C36H41N3O9/c1-2-18-42-33-32(43-20-25-14-8-4-9-15-25)27(22-41-19-24-12-6-3-7-13-24)47-36(34(33)44-21-26-16-10-5-11-17-26)48-31-28-23-45-35(46-28)29(30(31)40)38-39-37/h2-17,27-36,40H,1,18-23H2/t27-,28-,29-,30-,31-,32+,33+,34-,35-,36+/m1/s1. The minimum absolute atomic E-state index is 0.146. The normalized spacial score (nSPS) is 31.2. The maximum Gasteiger partial charge on any atom is 0.187 e. The lowest BCUT2D eigenvalue weighted by molar-refractivity contribution is -0.348. The van der Waals surface area contributed by atoms with E-state index in [1.165, 1.54) is 0 Å². The van der Waals surface area contributed by atoms with Crippen LogP contribution in [0.5, 0.6) is 0 Å². The van der Waals surface area contributed by atoms with E-state index in [0.717, 1.165) is 16.7 Å². The average molecular weight is 660 g/mol. The fraction of sp³-hybridized carbons (Fsp3) is 0.444. The molecule has 12 heteroatoms. The zero-order valence-corrected chi connectivity index (χ0v) is 26.5. The van der Waals surface area contributed by atoms with E-state index in [9.17, 15) is 5.11 Å². The summed E-state index contributed by atoms with van der Waals surface area (Å²) >= 11 is 0. The molecule has 0 aliphatic carbocycles. The van der Waals surface area contributed by atoms with E-state index in [-0.39, 0.29) is 26.4 Å². The molecule has 0 radical (unpaired) electrons. The third-order valence-corrected chi connectivity index (χ3v) is 8.50.